The highest BCUT2D eigenvalue weighted by Crippen LogP contribution is 2.44. The van der Waals surface area contributed by atoms with Crippen molar-refractivity contribution >= 4 is 11.8 Å². The van der Waals surface area contributed by atoms with Crippen molar-refractivity contribution in [3.63, 3.8) is 0 Å². The van der Waals surface area contributed by atoms with Crippen LogP contribution in [-0.2, 0) is 17.8 Å². The third-order valence-corrected chi connectivity index (χ3v) is 5.41. The fourth-order valence-corrected chi connectivity index (χ4v) is 3.69. The van der Waals surface area contributed by atoms with Crippen LogP contribution in [-0.4, -0.2) is 57.2 Å². The zero-order valence-electron chi connectivity index (χ0n) is 16.2. The number of halogens is 3. The summed E-state index contributed by atoms with van der Waals surface area (Å²) in [6.07, 6.45) is -4.62. The van der Waals surface area contributed by atoms with Gasteiger partial charge in [0.1, 0.15) is 12.4 Å². The number of morpholine rings is 1. The molecule has 0 radical (unpaired) electrons. The number of nitrogens with zero attached hydrogens (tertiary/aromatic N) is 6. The molecule has 0 amide bonds. The summed E-state index contributed by atoms with van der Waals surface area (Å²) >= 11 is 0. The van der Waals surface area contributed by atoms with Crippen molar-refractivity contribution in [2.24, 2.45) is 0 Å². The third-order valence-electron chi connectivity index (χ3n) is 5.41. The average Bonchev–Trinajstić information content (AvgIpc) is 3.18. The van der Waals surface area contributed by atoms with E-state index in [2.05, 4.69) is 15.1 Å². The summed E-state index contributed by atoms with van der Waals surface area (Å²) in [5.41, 5.74) is -2.88. The number of hydrogen-bond acceptors (Lipinski definition) is 8. The summed E-state index contributed by atoms with van der Waals surface area (Å²) in [5.74, 6) is 0.594. The van der Waals surface area contributed by atoms with Crippen molar-refractivity contribution in [2.75, 3.05) is 29.6 Å². The van der Waals surface area contributed by atoms with Gasteiger partial charge in [0.25, 0.3) is 5.56 Å². The molecule has 0 saturated carbocycles. The molecule has 2 aliphatic rings. The Hall–Kier alpha value is -2.63. The highest BCUT2D eigenvalue weighted by molar-refractivity contribution is 5.50. The number of aryl methyl sites for hydroxylation is 1. The zero-order valence-corrected chi connectivity index (χ0v) is 16.2. The minimum Gasteiger partial charge on any atom is -0.377 e. The number of hydrogen-bond donors (Lipinski definition) is 0. The van der Waals surface area contributed by atoms with Gasteiger partial charge in [-0.3, -0.25) is 9.36 Å². The molecule has 1 unspecified atom stereocenters. The summed E-state index contributed by atoms with van der Waals surface area (Å²) in [6.45, 7) is 5.05. The molecule has 2 aromatic heterocycles. The van der Waals surface area contributed by atoms with Crippen molar-refractivity contribution in [1.29, 1.82) is 0 Å². The van der Waals surface area contributed by atoms with Crippen LogP contribution in [0, 0.1) is 6.92 Å². The van der Waals surface area contributed by atoms with Gasteiger partial charge in [-0.15, -0.1) is 0 Å². The standard InChI is InChI=1S/C17H21F3N6O3/c1-10-8-28-5-4-24(10)12-6-14(27)25-9-16(3,17(18,19)20)26(15(25)22-12)7-13-21-11(2)23-29-13/h6,10H,4-5,7-9H2,1-3H3/t10?,16-/m0/s1. The van der Waals surface area contributed by atoms with E-state index >= 15 is 0 Å². The molecule has 2 atom stereocenters. The van der Waals surface area contributed by atoms with Crippen molar-refractivity contribution in [2.45, 2.75) is 51.6 Å². The van der Waals surface area contributed by atoms with Gasteiger partial charge in [0.15, 0.2) is 11.4 Å². The van der Waals surface area contributed by atoms with Crippen molar-refractivity contribution in [3.05, 3.63) is 28.1 Å². The quantitative estimate of drug-likeness (QED) is 0.747. The van der Waals surface area contributed by atoms with Crippen molar-refractivity contribution in [1.82, 2.24) is 19.7 Å². The van der Waals surface area contributed by atoms with E-state index in [9.17, 15) is 18.0 Å². The van der Waals surface area contributed by atoms with E-state index in [1.54, 1.807) is 6.92 Å². The molecule has 12 heteroatoms. The largest absolute Gasteiger partial charge is 0.413 e. The van der Waals surface area contributed by atoms with Gasteiger partial charge in [-0.2, -0.15) is 23.1 Å². The Kier molecular flexibility index (Phi) is 4.56. The van der Waals surface area contributed by atoms with E-state index < -0.39 is 23.8 Å². The van der Waals surface area contributed by atoms with Gasteiger partial charge < -0.3 is 19.1 Å². The summed E-state index contributed by atoms with van der Waals surface area (Å²) < 4.78 is 53.6. The minimum absolute atomic E-state index is 0.0193. The molecule has 0 N–H and O–H groups in total. The molecule has 0 spiro atoms. The molecule has 0 aliphatic carbocycles. The molecule has 4 rings (SSSR count). The van der Waals surface area contributed by atoms with Crippen LogP contribution < -0.4 is 15.4 Å². The van der Waals surface area contributed by atoms with E-state index in [1.807, 2.05) is 11.8 Å². The maximum absolute atomic E-state index is 14.0. The second kappa shape index (κ2) is 6.71. The monoisotopic (exact) mass is 414 g/mol. The van der Waals surface area contributed by atoms with Crippen LogP contribution in [0.1, 0.15) is 25.6 Å². The fraction of sp³-hybridized carbons (Fsp3) is 0.647. The first kappa shape index (κ1) is 19.7. The molecule has 1 fully saturated rings. The van der Waals surface area contributed by atoms with Crippen LogP contribution >= 0.6 is 0 Å². The Bertz CT molecular complexity index is 974. The maximum atomic E-state index is 14.0. The second-order valence-corrected chi connectivity index (χ2v) is 7.55. The lowest BCUT2D eigenvalue weighted by molar-refractivity contribution is -0.182. The number of anilines is 2. The highest BCUT2D eigenvalue weighted by Gasteiger charge is 2.60. The van der Waals surface area contributed by atoms with E-state index in [4.69, 9.17) is 9.26 Å². The van der Waals surface area contributed by atoms with Crippen LogP contribution in [0.2, 0.25) is 0 Å². The maximum Gasteiger partial charge on any atom is 0.413 e. The van der Waals surface area contributed by atoms with Crippen LogP contribution in [0.15, 0.2) is 15.4 Å². The van der Waals surface area contributed by atoms with E-state index in [-0.39, 0.29) is 24.4 Å². The lowest BCUT2D eigenvalue weighted by atomic mass is 10.0. The van der Waals surface area contributed by atoms with E-state index in [1.165, 1.54) is 6.07 Å². The van der Waals surface area contributed by atoms with Gasteiger partial charge in [-0.25, -0.2) is 0 Å². The zero-order chi connectivity index (χ0) is 21.0. The normalized spacial score (nSPS) is 24.8. The van der Waals surface area contributed by atoms with Gasteiger partial charge in [0.05, 0.1) is 25.8 Å². The van der Waals surface area contributed by atoms with Crippen molar-refractivity contribution < 1.29 is 22.4 Å². The molecule has 2 aliphatic heterocycles. The third kappa shape index (κ3) is 3.24. The minimum atomic E-state index is -4.62. The molecule has 158 valence electrons. The topological polar surface area (TPSA) is 89.5 Å². The number of alkyl halides is 3. The summed E-state index contributed by atoms with van der Waals surface area (Å²) in [4.78, 5) is 24.1. The molecular weight excluding hydrogens is 393 g/mol. The predicted molar refractivity (Wildman–Crippen MR) is 95.8 cm³/mol. The van der Waals surface area contributed by atoms with Crippen LogP contribution in [0.5, 0.6) is 0 Å². The average molecular weight is 414 g/mol. The predicted octanol–water partition coefficient (Wildman–Crippen LogP) is 1.50. The molecule has 9 nitrogen and oxygen atoms in total. The van der Waals surface area contributed by atoms with E-state index in [0.29, 0.717) is 31.4 Å². The number of ether oxygens (including phenoxy) is 1. The number of fused-ring (bicyclic) bond motifs is 1. The lowest BCUT2D eigenvalue weighted by Gasteiger charge is -2.36. The molecule has 4 heterocycles. The first-order valence-corrected chi connectivity index (χ1v) is 9.20. The van der Waals surface area contributed by atoms with Crippen LogP contribution in [0.25, 0.3) is 0 Å². The molecule has 0 aromatic carbocycles. The van der Waals surface area contributed by atoms with Crippen LogP contribution in [0.4, 0.5) is 24.9 Å². The fourth-order valence-electron chi connectivity index (χ4n) is 3.69. The smallest absolute Gasteiger partial charge is 0.377 e. The number of rotatable bonds is 3. The molecular formula is C17H21F3N6O3. The Balaban J connectivity index is 1.80. The highest BCUT2D eigenvalue weighted by atomic mass is 19.4. The Labute approximate surface area is 164 Å². The van der Waals surface area contributed by atoms with Gasteiger partial charge in [0.2, 0.25) is 11.8 Å². The molecule has 29 heavy (non-hydrogen) atoms. The molecule has 1 saturated heterocycles. The first-order valence-electron chi connectivity index (χ1n) is 9.20. The molecule has 2 aromatic rings. The molecule has 0 bridgehead atoms. The number of aromatic nitrogens is 4. The summed E-state index contributed by atoms with van der Waals surface area (Å²) in [5, 5.41) is 3.64. The lowest BCUT2D eigenvalue weighted by Crippen LogP contribution is -2.55. The van der Waals surface area contributed by atoms with Gasteiger partial charge >= 0.3 is 6.18 Å². The SMILES string of the molecule is Cc1noc(CN2c3nc(N4CCOCC4C)cc(=O)n3C[C@@]2(C)C(F)(F)F)n1. The Morgan fingerprint density at radius 1 is 1.34 bits per heavy atom. The van der Waals surface area contributed by atoms with Gasteiger partial charge in [-0.05, 0) is 20.8 Å². The Morgan fingerprint density at radius 3 is 2.72 bits per heavy atom. The Morgan fingerprint density at radius 2 is 2.10 bits per heavy atom. The second-order valence-electron chi connectivity index (χ2n) is 7.55. The van der Waals surface area contributed by atoms with Gasteiger partial charge in [0, 0.05) is 12.6 Å². The summed E-state index contributed by atoms with van der Waals surface area (Å²) in [7, 11) is 0. The summed E-state index contributed by atoms with van der Waals surface area (Å²) in [6, 6.07) is 1.23. The van der Waals surface area contributed by atoms with Crippen LogP contribution in [0.3, 0.4) is 0 Å². The van der Waals surface area contributed by atoms with Crippen molar-refractivity contribution in [3.8, 4) is 0 Å². The van der Waals surface area contributed by atoms with Gasteiger partial charge in [-0.1, -0.05) is 5.16 Å². The first-order chi connectivity index (χ1) is 13.6. The van der Waals surface area contributed by atoms with E-state index in [0.717, 1.165) is 16.4 Å².